The quantitative estimate of drug-likeness (QED) is 0.298. The van der Waals surface area contributed by atoms with Crippen molar-refractivity contribution in [2.75, 3.05) is 11.1 Å². The molecule has 0 fully saturated rings. The van der Waals surface area contributed by atoms with Gasteiger partial charge in [0.1, 0.15) is 6.61 Å². The standard InChI is InChI=1S/C27H24N4O3/c28-24-11-10-22(23-4-2-14-30-17-23)15-25(24)31-27(33)21-8-5-19(6-9-21)7-12-26(32)34-18-20-3-1-13-29-16-20/h1-6,8-11,13-17H,7,12,18,28H2,(H,31,33). The van der Waals surface area contributed by atoms with Gasteiger partial charge in [0.25, 0.3) is 5.91 Å². The number of nitrogens with two attached hydrogens (primary N) is 1. The number of nitrogens with one attached hydrogen (secondary N) is 1. The van der Waals surface area contributed by atoms with E-state index in [1.165, 1.54) is 0 Å². The Morgan fingerprint density at radius 3 is 2.32 bits per heavy atom. The first-order chi connectivity index (χ1) is 16.6. The van der Waals surface area contributed by atoms with E-state index in [0.717, 1.165) is 22.3 Å². The lowest BCUT2D eigenvalue weighted by atomic mass is 10.1. The van der Waals surface area contributed by atoms with Crippen LogP contribution in [0.4, 0.5) is 11.4 Å². The van der Waals surface area contributed by atoms with Crippen LogP contribution >= 0.6 is 0 Å². The van der Waals surface area contributed by atoms with Gasteiger partial charge in [0.15, 0.2) is 0 Å². The summed E-state index contributed by atoms with van der Waals surface area (Å²) in [5, 5.41) is 2.88. The molecule has 2 aromatic carbocycles. The molecule has 3 N–H and O–H groups in total. The normalized spacial score (nSPS) is 10.5. The molecular weight excluding hydrogens is 428 g/mol. The third kappa shape index (κ3) is 6.04. The maximum Gasteiger partial charge on any atom is 0.306 e. The molecule has 0 radical (unpaired) electrons. The molecule has 0 saturated heterocycles. The van der Waals surface area contributed by atoms with E-state index in [9.17, 15) is 9.59 Å². The first kappa shape index (κ1) is 22.7. The number of ether oxygens (including phenoxy) is 1. The number of amides is 1. The molecule has 2 heterocycles. The van der Waals surface area contributed by atoms with Crippen molar-refractivity contribution in [2.45, 2.75) is 19.4 Å². The van der Waals surface area contributed by atoms with Gasteiger partial charge in [-0.05, 0) is 53.9 Å². The summed E-state index contributed by atoms with van der Waals surface area (Å²) in [4.78, 5) is 32.9. The molecule has 0 atom stereocenters. The fourth-order valence-electron chi connectivity index (χ4n) is 3.36. The molecule has 4 aromatic rings. The lowest BCUT2D eigenvalue weighted by Crippen LogP contribution is -2.13. The maximum atomic E-state index is 12.8. The number of benzene rings is 2. The highest BCUT2D eigenvalue weighted by molar-refractivity contribution is 6.06. The van der Waals surface area contributed by atoms with Crippen LogP contribution in [0.2, 0.25) is 0 Å². The second-order valence-corrected chi connectivity index (χ2v) is 7.72. The van der Waals surface area contributed by atoms with Crippen LogP contribution in [-0.2, 0) is 22.6 Å². The molecule has 7 nitrogen and oxygen atoms in total. The van der Waals surface area contributed by atoms with Crippen LogP contribution in [0.3, 0.4) is 0 Å². The summed E-state index contributed by atoms with van der Waals surface area (Å²) in [6.45, 7) is 0.205. The van der Waals surface area contributed by atoms with Gasteiger partial charge in [-0.25, -0.2) is 0 Å². The molecule has 0 aliphatic rings. The molecule has 4 rings (SSSR count). The Balaban J connectivity index is 1.32. The number of aromatic nitrogens is 2. The first-order valence-electron chi connectivity index (χ1n) is 10.8. The monoisotopic (exact) mass is 452 g/mol. The summed E-state index contributed by atoms with van der Waals surface area (Å²) in [5.74, 6) is -0.549. The van der Waals surface area contributed by atoms with Crippen LogP contribution in [0.15, 0.2) is 91.5 Å². The molecular formula is C27H24N4O3. The third-order valence-electron chi connectivity index (χ3n) is 5.25. The molecule has 170 valence electrons. The minimum atomic E-state index is -0.283. The van der Waals surface area contributed by atoms with Crippen molar-refractivity contribution in [1.82, 2.24) is 9.97 Å². The van der Waals surface area contributed by atoms with Crippen LogP contribution < -0.4 is 11.1 Å². The van der Waals surface area contributed by atoms with Gasteiger partial charge in [0.05, 0.1) is 11.4 Å². The summed E-state index contributed by atoms with van der Waals surface area (Å²) < 4.78 is 5.27. The Labute approximate surface area is 197 Å². The number of nitrogen functional groups attached to an aromatic ring is 1. The summed E-state index contributed by atoms with van der Waals surface area (Å²) in [5.41, 5.74) is 11.2. The predicted molar refractivity (Wildman–Crippen MR) is 131 cm³/mol. The molecule has 0 aliphatic carbocycles. The Morgan fingerprint density at radius 2 is 1.62 bits per heavy atom. The van der Waals surface area contributed by atoms with E-state index in [4.69, 9.17) is 10.5 Å². The van der Waals surface area contributed by atoms with Crippen molar-refractivity contribution in [2.24, 2.45) is 0 Å². The van der Waals surface area contributed by atoms with Gasteiger partial charge in [-0.1, -0.05) is 30.3 Å². The van der Waals surface area contributed by atoms with Gasteiger partial charge in [0.2, 0.25) is 0 Å². The van der Waals surface area contributed by atoms with E-state index < -0.39 is 0 Å². The smallest absolute Gasteiger partial charge is 0.306 e. The number of nitrogens with zero attached hydrogens (tertiary/aromatic N) is 2. The van der Waals surface area contributed by atoms with Gasteiger partial charge >= 0.3 is 5.97 Å². The maximum absolute atomic E-state index is 12.8. The predicted octanol–water partition coefficient (Wildman–Crippen LogP) is 4.65. The Bertz CT molecular complexity index is 1260. The van der Waals surface area contributed by atoms with Gasteiger partial charge in [-0.2, -0.15) is 0 Å². The van der Waals surface area contributed by atoms with Crippen LogP contribution in [0.25, 0.3) is 11.1 Å². The van der Waals surface area contributed by atoms with Gasteiger partial charge in [-0.15, -0.1) is 0 Å². The van der Waals surface area contributed by atoms with Crippen LogP contribution in [-0.4, -0.2) is 21.8 Å². The zero-order chi connectivity index (χ0) is 23.8. The first-order valence-corrected chi connectivity index (χ1v) is 10.8. The van der Waals surface area contributed by atoms with E-state index >= 15 is 0 Å². The van der Waals surface area contributed by atoms with E-state index in [-0.39, 0.29) is 24.9 Å². The SMILES string of the molecule is Nc1ccc(-c2cccnc2)cc1NC(=O)c1ccc(CCC(=O)OCc2cccnc2)cc1. The summed E-state index contributed by atoms with van der Waals surface area (Å²) >= 11 is 0. The molecule has 0 aliphatic heterocycles. The highest BCUT2D eigenvalue weighted by Crippen LogP contribution is 2.27. The number of anilines is 2. The van der Waals surface area contributed by atoms with Gasteiger partial charge in [-0.3, -0.25) is 19.6 Å². The zero-order valence-electron chi connectivity index (χ0n) is 18.5. The minimum Gasteiger partial charge on any atom is -0.461 e. The van der Waals surface area contributed by atoms with Crippen molar-refractivity contribution in [3.8, 4) is 11.1 Å². The number of rotatable bonds is 8. The molecule has 1 amide bonds. The number of hydrogen-bond donors (Lipinski definition) is 2. The Kier molecular flexibility index (Phi) is 7.25. The molecule has 2 aromatic heterocycles. The number of esters is 1. The molecule has 0 unspecified atom stereocenters. The fourth-order valence-corrected chi connectivity index (χ4v) is 3.36. The topological polar surface area (TPSA) is 107 Å². The molecule has 7 heteroatoms. The van der Waals surface area contributed by atoms with Crippen LogP contribution in [0.5, 0.6) is 0 Å². The highest BCUT2D eigenvalue weighted by atomic mass is 16.5. The van der Waals surface area contributed by atoms with Gasteiger partial charge < -0.3 is 15.8 Å². The van der Waals surface area contributed by atoms with Crippen molar-refractivity contribution < 1.29 is 14.3 Å². The summed E-state index contributed by atoms with van der Waals surface area (Å²) in [7, 11) is 0. The number of hydrogen-bond acceptors (Lipinski definition) is 6. The second kappa shape index (κ2) is 10.9. The highest BCUT2D eigenvalue weighted by Gasteiger charge is 2.11. The van der Waals surface area contributed by atoms with Gasteiger partial charge in [0, 0.05) is 47.9 Å². The molecule has 0 spiro atoms. The van der Waals surface area contributed by atoms with Crippen molar-refractivity contribution >= 4 is 23.3 Å². The second-order valence-electron chi connectivity index (χ2n) is 7.72. The van der Waals surface area contributed by atoms with Crippen LogP contribution in [0, 0.1) is 0 Å². The zero-order valence-corrected chi connectivity index (χ0v) is 18.5. The van der Waals surface area contributed by atoms with Crippen LogP contribution in [0.1, 0.15) is 27.9 Å². The molecule has 34 heavy (non-hydrogen) atoms. The summed E-state index contributed by atoms with van der Waals surface area (Å²) in [6.07, 6.45) is 7.57. The number of carbonyl (C=O) groups excluding carboxylic acids is 2. The van der Waals surface area contributed by atoms with E-state index in [0.29, 0.717) is 23.4 Å². The van der Waals surface area contributed by atoms with E-state index in [1.807, 2.05) is 42.5 Å². The minimum absolute atomic E-state index is 0.205. The fraction of sp³-hybridized carbons (Fsp3) is 0.111. The lowest BCUT2D eigenvalue weighted by Gasteiger charge is -2.11. The molecule has 0 saturated carbocycles. The Morgan fingerprint density at radius 1 is 0.853 bits per heavy atom. The molecule has 0 bridgehead atoms. The van der Waals surface area contributed by atoms with Crippen molar-refractivity contribution in [1.29, 1.82) is 0 Å². The van der Waals surface area contributed by atoms with E-state index in [2.05, 4.69) is 15.3 Å². The number of carbonyl (C=O) groups is 2. The lowest BCUT2D eigenvalue weighted by molar-refractivity contribution is -0.144. The van der Waals surface area contributed by atoms with E-state index in [1.54, 1.807) is 49.1 Å². The number of pyridine rings is 2. The summed E-state index contributed by atoms with van der Waals surface area (Å²) in [6, 6.07) is 20.0. The van der Waals surface area contributed by atoms with Crippen molar-refractivity contribution in [3.63, 3.8) is 0 Å². The third-order valence-corrected chi connectivity index (χ3v) is 5.25. The largest absolute Gasteiger partial charge is 0.461 e. The van der Waals surface area contributed by atoms with Crippen molar-refractivity contribution in [3.05, 3.63) is 108 Å². The Hall–Kier alpha value is -4.52. The number of aryl methyl sites for hydroxylation is 1. The average molecular weight is 453 g/mol. The average Bonchev–Trinajstić information content (AvgIpc) is 2.89.